The molecular formula is C20H36O7P2. The van der Waals surface area contributed by atoms with Gasteiger partial charge in [0.1, 0.15) is 0 Å². The van der Waals surface area contributed by atoms with E-state index in [1.165, 1.54) is 24.8 Å². The quantitative estimate of drug-likeness (QED) is 0.319. The molecule has 5 atom stereocenters. The molecule has 9 heteroatoms. The first kappa shape index (κ1) is 25.0. The van der Waals surface area contributed by atoms with Crippen LogP contribution >= 0.6 is 15.6 Å². The molecule has 2 aliphatic rings. The van der Waals surface area contributed by atoms with Crippen LogP contribution in [0.15, 0.2) is 23.3 Å². The normalized spacial score (nSPS) is 35.6. The van der Waals surface area contributed by atoms with Gasteiger partial charge in [0.05, 0.1) is 6.61 Å². The van der Waals surface area contributed by atoms with E-state index in [9.17, 15) is 14.0 Å². The predicted molar refractivity (Wildman–Crippen MR) is 113 cm³/mol. The summed E-state index contributed by atoms with van der Waals surface area (Å²) in [6.45, 7) is 11.2. The first-order valence-electron chi connectivity index (χ1n) is 10.3. The molecule has 0 bridgehead atoms. The minimum Gasteiger partial charge on any atom is -0.302 e. The molecule has 0 aliphatic heterocycles. The second kappa shape index (κ2) is 9.08. The third-order valence-electron chi connectivity index (χ3n) is 7.53. The minimum absolute atomic E-state index is 0.217. The highest BCUT2D eigenvalue weighted by molar-refractivity contribution is 7.60. The zero-order valence-corrected chi connectivity index (χ0v) is 19.9. The minimum atomic E-state index is -5.09. The Kier molecular flexibility index (Phi) is 7.83. The zero-order chi connectivity index (χ0) is 22.1. The van der Waals surface area contributed by atoms with Gasteiger partial charge in [-0.05, 0) is 75.0 Å². The lowest BCUT2D eigenvalue weighted by atomic mass is 9.47. The molecule has 0 amide bonds. The van der Waals surface area contributed by atoms with Crippen molar-refractivity contribution in [3.8, 4) is 0 Å². The second-order valence-electron chi connectivity index (χ2n) is 9.27. The third-order valence-corrected chi connectivity index (χ3v) is 9.68. The Labute approximate surface area is 174 Å². The summed E-state index contributed by atoms with van der Waals surface area (Å²) in [5.74, 6) is 1.27. The first-order chi connectivity index (χ1) is 13.2. The van der Waals surface area contributed by atoms with Gasteiger partial charge in [-0.1, -0.05) is 44.1 Å². The molecule has 168 valence electrons. The lowest BCUT2D eigenvalue weighted by Gasteiger charge is -2.58. The molecule has 0 aromatic rings. The lowest BCUT2D eigenvalue weighted by Crippen LogP contribution is -2.49. The Morgan fingerprint density at radius 1 is 1.28 bits per heavy atom. The van der Waals surface area contributed by atoms with Gasteiger partial charge in [0, 0.05) is 0 Å². The molecule has 7 nitrogen and oxygen atoms in total. The first-order valence-corrected chi connectivity index (χ1v) is 13.3. The van der Waals surface area contributed by atoms with Crippen LogP contribution in [0.5, 0.6) is 0 Å². The number of phosphoric acid groups is 2. The highest BCUT2D eigenvalue weighted by Crippen LogP contribution is 2.62. The van der Waals surface area contributed by atoms with Crippen molar-refractivity contribution < 1.29 is 32.6 Å². The van der Waals surface area contributed by atoms with Crippen LogP contribution in [0, 0.1) is 22.7 Å². The summed E-state index contributed by atoms with van der Waals surface area (Å²) in [5, 5.41) is 0. The fourth-order valence-corrected chi connectivity index (χ4v) is 6.86. The number of allylic oxidation sites excluding steroid dienone is 3. The smallest absolute Gasteiger partial charge is 0.302 e. The van der Waals surface area contributed by atoms with E-state index in [4.69, 9.17) is 9.79 Å². The molecule has 29 heavy (non-hydrogen) atoms. The van der Waals surface area contributed by atoms with E-state index in [1.54, 1.807) is 6.08 Å². The maximum Gasteiger partial charge on any atom is 0.481 e. The zero-order valence-electron chi connectivity index (χ0n) is 18.1. The molecule has 1 saturated carbocycles. The van der Waals surface area contributed by atoms with E-state index in [1.807, 2.05) is 6.92 Å². The van der Waals surface area contributed by atoms with E-state index in [-0.39, 0.29) is 17.4 Å². The van der Waals surface area contributed by atoms with Crippen molar-refractivity contribution in [3.63, 3.8) is 0 Å². The summed E-state index contributed by atoms with van der Waals surface area (Å²) in [4.78, 5) is 26.6. The Hall–Kier alpha value is -0.260. The number of hydrogen-bond donors (Lipinski definition) is 3. The fraction of sp³-hybridized carbons (Fsp3) is 0.800. The van der Waals surface area contributed by atoms with E-state index < -0.39 is 15.6 Å². The van der Waals surface area contributed by atoms with Crippen LogP contribution in [0.25, 0.3) is 0 Å². The van der Waals surface area contributed by atoms with E-state index >= 15 is 0 Å². The molecule has 0 heterocycles. The molecule has 0 aromatic carbocycles. The topological polar surface area (TPSA) is 113 Å². The monoisotopic (exact) mass is 450 g/mol. The van der Waals surface area contributed by atoms with Crippen molar-refractivity contribution in [2.24, 2.45) is 22.7 Å². The second-order valence-corrected chi connectivity index (χ2v) is 12.1. The van der Waals surface area contributed by atoms with Gasteiger partial charge in [-0.15, -0.1) is 0 Å². The Morgan fingerprint density at radius 3 is 2.55 bits per heavy atom. The lowest BCUT2D eigenvalue weighted by molar-refractivity contribution is -0.0466. The van der Waals surface area contributed by atoms with Gasteiger partial charge in [-0.25, -0.2) is 9.13 Å². The Bertz CT molecular complexity index is 756. The number of hydrogen-bond acceptors (Lipinski definition) is 4. The van der Waals surface area contributed by atoms with E-state index in [0.29, 0.717) is 11.8 Å². The van der Waals surface area contributed by atoms with Crippen molar-refractivity contribution in [1.29, 1.82) is 0 Å². The van der Waals surface area contributed by atoms with Gasteiger partial charge < -0.3 is 14.7 Å². The van der Waals surface area contributed by atoms with Gasteiger partial charge in [0.15, 0.2) is 0 Å². The average molecular weight is 450 g/mol. The van der Waals surface area contributed by atoms with Gasteiger partial charge in [0.2, 0.25) is 0 Å². The summed E-state index contributed by atoms with van der Waals surface area (Å²) in [6, 6.07) is 0. The molecule has 0 spiro atoms. The van der Waals surface area contributed by atoms with E-state index in [0.717, 1.165) is 24.8 Å². The van der Waals surface area contributed by atoms with Crippen LogP contribution in [-0.2, 0) is 18.0 Å². The summed E-state index contributed by atoms with van der Waals surface area (Å²) in [7, 11) is -9.88. The van der Waals surface area contributed by atoms with Crippen LogP contribution < -0.4 is 0 Å². The Balaban J connectivity index is 2.00. The summed E-state index contributed by atoms with van der Waals surface area (Å²) in [6.07, 6.45) is 10.8. The van der Waals surface area contributed by atoms with Crippen LogP contribution in [0.3, 0.4) is 0 Å². The van der Waals surface area contributed by atoms with Crippen LogP contribution in [-0.4, -0.2) is 21.3 Å². The third kappa shape index (κ3) is 6.13. The van der Waals surface area contributed by atoms with Crippen molar-refractivity contribution in [2.75, 3.05) is 6.61 Å². The van der Waals surface area contributed by atoms with Gasteiger partial charge >= 0.3 is 15.6 Å². The van der Waals surface area contributed by atoms with Crippen molar-refractivity contribution in [1.82, 2.24) is 0 Å². The standard InChI is InChI=1S/C20H36O7P2/c1-15(11-14-26-29(24,25)27-28(21,22)23)9-12-19(4)17(3)10-13-20(5)16(2)7-6-8-18(19)20/h7,11,17-18H,6,8-10,12-14H2,1-5H3,(H,24,25)(H2,21,22,23)/b15-11+/t17-,18+,19-,20-/m1/s1. The predicted octanol–water partition coefficient (Wildman–Crippen LogP) is 5.74. The van der Waals surface area contributed by atoms with Crippen molar-refractivity contribution in [3.05, 3.63) is 23.3 Å². The van der Waals surface area contributed by atoms with Gasteiger partial charge in [0.25, 0.3) is 0 Å². The highest BCUT2D eigenvalue weighted by atomic mass is 31.3. The molecule has 2 rings (SSSR count). The molecule has 2 aliphatic carbocycles. The van der Waals surface area contributed by atoms with Gasteiger partial charge in [-0.3, -0.25) is 4.52 Å². The molecule has 0 saturated heterocycles. The molecular weight excluding hydrogens is 414 g/mol. The number of phosphoric ester groups is 1. The van der Waals surface area contributed by atoms with Crippen LogP contribution in [0.1, 0.15) is 73.1 Å². The average Bonchev–Trinajstić information content (AvgIpc) is 2.57. The maximum absolute atomic E-state index is 11.5. The van der Waals surface area contributed by atoms with Crippen molar-refractivity contribution >= 4 is 15.6 Å². The molecule has 0 radical (unpaired) electrons. The number of fused-ring (bicyclic) bond motifs is 1. The summed E-state index contributed by atoms with van der Waals surface area (Å²) < 4.78 is 30.6. The van der Waals surface area contributed by atoms with Crippen molar-refractivity contribution in [2.45, 2.75) is 73.1 Å². The molecule has 1 unspecified atom stereocenters. The van der Waals surface area contributed by atoms with Crippen LogP contribution in [0.2, 0.25) is 0 Å². The van der Waals surface area contributed by atoms with Crippen LogP contribution in [0.4, 0.5) is 0 Å². The highest BCUT2D eigenvalue weighted by Gasteiger charge is 2.52. The number of rotatable bonds is 8. The largest absolute Gasteiger partial charge is 0.481 e. The van der Waals surface area contributed by atoms with E-state index in [2.05, 4.69) is 42.6 Å². The molecule has 3 N–H and O–H groups in total. The maximum atomic E-state index is 11.5. The SMILES string of the molecule is CC1=CCC[C@H]2[C@](C)(CC/C(C)=C/COP(=O)(O)OP(=O)(O)O)[C@H](C)CC[C@]12C. The Morgan fingerprint density at radius 2 is 1.93 bits per heavy atom. The van der Waals surface area contributed by atoms with Gasteiger partial charge in [-0.2, -0.15) is 4.31 Å². The molecule has 1 fully saturated rings. The molecule has 0 aromatic heterocycles. The fourth-order valence-electron chi connectivity index (χ4n) is 5.33. The summed E-state index contributed by atoms with van der Waals surface area (Å²) in [5.41, 5.74) is 3.03. The summed E-state index contributed by atoms with van der Waals surface area (Å²) >= 11 is 0.